The van der Waals surface area contributed by atoms with Gasteiger partial charge in [-0.3, -0.25) is 14.5 Å². The summed E-state index contributed by atoms with van der Waals surface area (Å²) in [6.07, 6.45) is -4.98. The number of halogens is 5. The molecule has 4 rings (SSSR count). The number of carbonyl (C=O) groups is 2. The van der Waals surface area contributed by atoms with Crippen LogP contribution in [0.3, 0.4) is 0 Å². The molecule has 35 heavy (non-hydrogen) atoms. The first-order chi connectivity index (χ1) is 16.5. The summed E-state index contributed by atoms with van der Waals surface area (Å²) < 4.78 is 42.2. The molecule has 11 heteroatoms. The monoisotopic (exact) mass is 523 g/mol. The number of ether oxygens (including phenoxy) is 1. The van der Waals surface area contributed by atoms with E-state index in [1.165, 1.54) is 54.6 Å². The predicted molar refractivity (Wildman–Crippen MR) is 122 cm³/mol. The maximum absolute atomic E-state index is 13.1. The zero-order valence-corrected chi connectivity index (χ0v) is 18.9. The molecule has 0 radical (unpaired) electrons. The van der Waals surface area contributed by atoms with Gasteiger partial charge in [0.05, 0.1) is 21.7 Å². The van der Waals surface area contributed by atoms with Crippen LogP contribution >= 0.6 is 23.2 Å². The number of nitrogens with zero attached hydrogens (tertiary/aromatic N) is 1. The Balaban J connectivity index is 1.91. The minimum Gasteiger partial charge on any atom is -0.508 e. The number of phenolic OH excluding ortho intramolecular Hbond substituents is 1. The third kappa shape index (κ3) is 4.91. The van der Waals surface area contributed by atoms with Crippen LogP contribution in [0, 0.1) is 0 Å². The van der Waals surface area contributed by atoms with Crippen LogP contribution in [0.4, 0.5) is 18.9 Å². The summed E-state index contributed by atoms with van der Waals surface area (Å²) in [5.74, 6) is -3.44. The molecule has 1 aliphatic rings. The number of phenols is 1. The van der Waals surface area contributed by atoms with Gasteiger partial charge in [-0.25, -0.2) is 0 Å². The molecule has 180 valence electrons. The highest BCUT2D eigenvalue weighted by molar-refractivity contribution is 6.51. The molecule has 2 N–H and O–H groups in total. The Labute approximate surface area is 206 Å². The summed E-state index contributed by atoms with van der Waals surface area (Å²) in [6, 6.07) is 12.8. The van der Waals surface area contributed by atoms with Gasteiger partial charge < -0.3 is 14.9 Å². The third-order valence-corrected chi connectivity index (χ3v) is 5.91. The number of benzene rings is 3. The van der Waals surface area contributed by atoms with E-state index in [1.54, 1.807) is 0 Å². The second-order valence-electron chi connectivity index (χ2n) is 7.43. The first kappa shape index (κ1) is 24.4. The molecular formula is C24H14Cl2F3NO5. The number of aliphatic hydroxyl groups excluding tert-OH is 1. The molecule has 1 unspecified atom stereocenters. The van der Waals surface area contributed by atoms with Crippen LogP contribution in [0.5, 0.6) is 11.5 Å². The third-order valence-electron chi connectivity index (χ3n) is 5.18. The van der Waals surface area contributed by atoms with Gasteiger partial charge in [-0.05, 0) is 48.0 Å². The second kappa shape index (κ2) is 9.16. The number of anilines is 1. The molecule has 1 fully saturated rings. The lowest BCUT2D eigenvalue weighted by Gasteiger charge is -2.26. The standard InChI is InChI=1S/C24H14Cl2F3NO5/c25-17-9-6-13(10-18(17)26)21(32)19-20(12-4-7-15(31)8-5-12)30(23(34)22(19)33)14-2-1-3-16(11-14)35-24(27,28)29/h1-11,20,31-32H/b21-19+. The fraction of sp³-hybridized carbons (Fsp3) is 0.0833. The van der Waals surface area contributed by atoms with Gasteiger partial charge in [-0.15, -0.1) is 13.2 Å². The van der Waals surface area contributed by atoms with Gasteiger partial charge in [-0.1, -0.05) is 41.4 Å². The van der Waals surface area contributed by atoms with E-state index in [2.05, 4.69) is 4.74 Å². The number of hydrogen-bond donors (Lipinski definition) is 2. The molecule has 3 aromatic carbocycles. The largest absolute Gasteiger partial charge is 0.573 e. The number of carbonyl (C=O) groups excluding carboxylic acids is 2. The average molecular weight is 524 g/mol. The lowest BCUT2D eigenvalue weighted by atomic mass is 9.95. The lowest BCUT2D eigenvalue weighted by molar-refractivity contribution is -0.274. The Morgan fingerprint density at radius 3 is 2.26 bits per heavy atom. The number of Topliss-reactive ketones (excluding diaryl/α,β-unsaturated/α-hetero) is 1. The van der Waals surface area contributed by atoms with Crippen molar-refractivity contribution in [1.82, 2.24) is 0 Å². The summed E-state index contributed by atoms with van der Waals surface area (Å²) >= 11 is 12.0. The van der Waals surface area contributed by atoms with Crippen LogP contribution < -0.4 is 9.64 Å². The molecule has 0 saturated carbocycles. The lowest BCUT2D eigenvalue weighted by Crippen LogP contribution is -2.29. The van der Waals surface area contributed by atoms with Crippen LogP contribution in [0.15, 0.2) is 72.3 Å². The summed E-state index contributed by atoms with van der Waals surface area (Å²) in [4.78, 5) is 27.1. The van der Waals surface area contributed by atoms with E-state index in [-0.39, 0.29) is 32.6 Å². The zero-order valence-electron chi connectivity index (χ0n) is 17.4. The van der Waals surface area contributed by atoms with Crippen molar-refractivity contribution in [3.05, 3.63) is 93.5 Å². The van der Waals surface area contributed by atoms with Crippen molar-refractivity contribution in [3.63, 3.8) is 0 Å². The SMILES string of the molecule is O=C1C(=O)N(c2cccc(OC(F)(F)F)c2)C(c2ccc(O)cc2)/C1=C(\O)c1ccc(Cl)c(Cl)c1. The van der Waals surface area contributed by atoms with Crippen LogP contribution in [-0.4, -0.2) is 28.3 Å². The van der Waals surface area contributed by atoms with Crippen LogP contribution in [0.1, 0.15) is 17.2 Å². The van der Waals surface area contributed by atoms with E-state index < -0.39 is 35.6 Å². The summed E-state index contributed by atoms with van der Waals surface area (Å²) in [7, 11) is 0. The van der Waals surface area contributed by atoms with Crippen molar-refractivity contribution in [3.8, 4) is 11.5 Å². The second-order valence-corrected chi connectivity index (χ2v) is 8.25. The Bertz CT molecular complexity index is 1360. The van der Waals surface area contributed by atoms with Crippen molar-refractivity contribution < 1.29 is 37.7 Å². The fourth-order valence-electron chi connectivity index (χ4n) is 3.70. The molecule has 0 spiro atoms. The zero-order chi connectivity index (χ0) is 25.5. The number of rotatable bonds is 4. The van der Waals surface area contributed by atoms with E-state index in [4.69, 9.17) is 23.2 Å². The van der Waals surface area contributed by atoms with Crippen molar-refractivity contribution in [1.29, 1.82) is 0 Å². The van der Waals surface area contributed by atoms with E-state index in [0.29, 0.717) is 5.56 Å². The molecule has 1 aliphatic heterocycles. The highest BCUT2D eigenvalue weighted by Gasteiger charge is 2.47. The summed E-state index contributed by atoms with van der Waals surface area (Å²) in [5, 5.41) is 21.0. The average Bonchev–Trinajstić information content (AvgIpc) is 3.05. The van der Waals surface area contributed by atoms with Gasteiger partial charge in [0.1, 0.15) is 17.3 Å². The molecule has 0 aromatic heterocycles. The molecule has 0 aliphatic carbocycles. The van der Waals surface area contributed by atoms with Crippen molar-refractivity contribution >= 4 is 46.3 Å². The normalized spacial score (nSPS) is 17.6. The molecule has 1 saturated heterocycles. The Morgan fingerprint density at radius 2 is 1.63 bits per heavy atom. The van der Waals surface area contributed by atoms with Gasteiger partial charge in [0.15, 0.2) is 0 Å². The number of ketones is 1. The van der Waals surface area contributed by atoms with E-state index in [1.807, 2.05) is 0 Å². The van der Waals surface area contributed by atoms with Gasteiger partial charge in [0.2, 0.25) is 0 Å². The molecule has 0 bridgehead atoms. The molecule has 1 amide bonds. The first-order valence-electron chi connectivity index (χ1n) is 9.87. The number of alkyl halides is 3. The summed E-state index contributed by atoms with van der Waals surface area (Å²) in [5.41, 5.74) is -0.0255. The highest BCUT2D eigenvalue weighted by atomic mass is 35.5. The summed E-state index contributed by atoms with van der Waals surface area (Å²) in [6.45, 7) is 0. The van der Waals surface area contributed by atoms with Crippen LogP contribution in [-0.2, 0) is 9.59 Å². The molecule has 6 nitrogen and oxygen atoms in total. The fourth-order valence-corrected chi connectivity index (χ4v) is 4.00. The van der Waals surface area contributed by atoms with E-state index in [9.17, 15) is 33.0 Å². The van der Waals surface area contributed by atoms with Gasteiger partial charge in [0.25, 0.3) is 11.7 Å². The highest BCUT2D eigenvalue weighted by Crippen LogP contribution is 2.43. The predicted octanol–water partition coefficient (Wildman–Crippen LogP) is 6.22. The molecular weight excluding hydrogens is 510 g/mol. The quantitative estimate of drug-likeness (QED) is 0.240. The van der Waals surface area contributed by atoms with Crippen molar-refractivity contribution in [2.45, 2.75) is 12.4 Å². The topological polar surface area (TPSA) is 87.1 Å². The van der Waals surface area contributed by atoms with Crippen molar-refractivity contribution in [2.24, 2.45) is 0 Å². The van der Waals surface area contributed by atoms with Crippen LogP contribution in [0.25, 0.3) is 5.76 Å². The Hall–Kier alpha value is -3.69. The maximum atomic E-state index is 13.1. The first-order valence-corrected chi connectivity index (χ1v) is 10.6. The minimum atomic E-state index is -4.98. The van der Waals surface area contributed by atoms with Gasteiger partial charge >= 0.3 is 6.36 Å². The van der Waals surface area contributed by atoms with E-state index in [0.717, 1.165) is 17.0 Å². The molecule has 1 heterocycles. The Kier molecular flexibility index (Phi) is 6.40. The smallest absolute Gasteiger partial charge is 0.508 e. The minimum absolute atomic E-state index is 0.0832. The van der Waals surface area contributed by atoms with E-state index >= 15 is 0 Å². The maximum Gasteiger partial charge on any atom is 0.573 e. The van der Waals surface area contributed by atoms with Crippen molar-refractivity contribution in [2.75, 3.05) is 4.90 Å². The number of aliphatic hydroxyl groups is 1. The number of aromatic hydroxyl groups is 1. The molecule has 1 atom stereocenters. The number of amides is 1. The number of hydrogen-bond acceptors (Lipinski definition) is 5. The van der Waals surface area contributed by atoms with Gasteiger partial charge in [0, 0.05) is 17.3 Å². The molecule has 3 aromatic rings. The Morgan fingerprint density at radius 1 is 0.943 bits per heavy atom. The van der Waals surface area contributed by atoms with Gasteiger partial charge in [-0.2, -0.15) is 0 Å². The van der Waals surface area contributed by atoms with Crippen LogP contribution in [0.2, 0.25) is 10.0 Å².